The molecule has 178 valence electrons. The number of nitrogens with zero attached hydrogens (tertiary/aromatic N) is 1. The lowest BCUT2D eigenvalue weighted by atomic mass is 9.68. The third-order valence-corrected chi connectivity index (χ3v) is 9.31. The molecule has 1 aliphatic heterocycles. The van der Waals surface area contributed by atoms with Crippen molar-refractivity contribution in [1.29, 1.82) is 0 Å². The maximum atomic E-state index is 14.0. The minimum absolute atomic E-state index is 0.0116. The molecule has 2 aromatic heterocycles. The summed E-state index contributed by atoms with van der Waals surface area (Å²) in [5.74, 6) is 0.387. The number of aromatic hydroxyl groups is 1. The van der Waals surface area contributed by atoms with Gasteiger partial charge in [0.05, 0.1) is 12.8 Å². The highest BCUT2D eigenvalue weighted by atomic mass is 79.9. The lowest BCUT2D eigenvalue weighted by molar-refractivity contribution is 0.344. The Hall–Kier alpha value is -2.97. The predicted molar refractivity (Wildman–Crippen MR) is 138 cm³/mol. The minimum atomic E-state index is -0.671. The summed E-state index contributed by atoms with van der Waals surface area (Å²) in [6, 6.07) is 14.9. The summed E-state index contributed by atoms with van der Waals surface area (Å²) in [4.78, 5) is 27.6. The van der Waals surface area contributed by atoms with Crippen molar-refractivity contribution < 1.29 is 14.3 Å². The molecule has 0 saturated heterocycles. The molecule has 0 bridgehead atoms. The van der Waals surface area contributed by atoms with Gasteiger partial charge in [0.1, 0.15) is 21.6 Å². The first-order chi connectivity index (χ1) is 16.9. The van der Waals surface area contributed by atoms with E-state index in [4.69, 9.17) is 9.15 Å². The van der Waals surface area contributed by atoms with Crippen LogP contribution < -0.4 is 15.9 Å². The van der Waals surface area contributed by atoms with Crippen LogP contribution in [0.2, 0.25) is 0 Å². The molecule has 1 fully saturated rings. The first-order valence-corrected chi connectivity index (χ1v) is 13.1. The number of benzene rings is 2. The molecule has 1 aliphatic carbocycles. The Kier molecular flexibility index (Phi) is 5.34. The van der Waals surface area contributed by atoms with E-state index in [2.05, 4.69) is 15.9 Å². The summed E-state index contributed by atoms with van der Waals surface area (Å²) in [5, 5.41) is 11.2. The molecular weight excluding hydrogens is 530 g/mol. The van der Waals surface area contributed by atoms with Crippen LogP contribution in [-0.4, -0.2) is 16.8 Å². The van der Waals surface area contributed by atoms with Crippen molar-refractivity contribution in [3.8, 4) is 17.2 Å². The van der Waals surface area contributed by atoms with Crippen molar-refractivity contribution in [2.45, 2.75) is 47.3 Å². The Morgan fingerprint density at radius 3 is 2.60 bits per heavy atom. The molecule has 0 unspecified atom stereocenters. The van der Waals surface area contributed by atoms with Gasteiger partial charge in [-0.2, -0.15) is 0 Å². The normalized spacial score (nSPS) is 15.8. The third-order valence-electron chi connectivity index (χ3n) is 7.22. The molecule has 1 saturated carbocycles. The number of aromatic nitrogens is 1. The zero-order valence-electron chi connectivity index (χ0n) is 19.0. The van der Waals surface area contributed by atoms with E-state index in [1.54, 1.807) is 17.7 Å². The first-order valence-electron chi connectivity index (χ1n) is 11.5. The minimum Gasteiger partial charge on any atom is -0.505 e. The van der Waals surface area contributed by atoms with E-state index >= 15 is 0 Å². The van der Waals surface area contributed by atoms with Crippen molar-refractivity contribution >= 4 is 38.7 Å². The largest absolute Gasteiger partial charge is 0.505 e. The molecule has 8 heteroatoms. The number of halogens is 1. The molecule has 35 heavy (non-hydrogen) atoms. The number of pyridine rings is 1. The summed E-state index contributed by atoms with van der Waals surface area (Å²) < 4.78 is 13.6. The second-order valence-electron chi connectivity index (χ2n) is 9.03. The number of methoxy groups -OCH3 is 1. The van der Waals surface area contributed by atoms with Crippen LogP contribution in [0.1, 0.15) is 43.4 Å². The smallest absolute Gasteiger partial charge is 0.354 e. The van der Waals surface area contributed by atoms with Crippen LogP contribution >= 0.6 is 27.7 Å². The van der Waals surface area contributed by atoms with E-state index < -0.39 is 5.63 Å². The van der Waals surface area contributed by atoms with Crippen LogP contribution in [0.15, 0.2) is 76.8 Å². The Morgan fingerprint density at radius 1 is 1.09 bits per heavy atom. The van der Waals surface area contributed by atoms with Crippen LogP contribution in [0.5, 0.6) is 11.5 Å². The van der Waals surface area contributed by atoms with Crippen molar-refractivity contribution in [3.63, 3.8) is 0 Å². The predicted octanol–water partition coefficient (Wildman–Crippen LogP) is 6.14. The van der Waals surface area contributed by atoms with E-state index in [0.717, 1.165) is 75.9 Å². The molecule has 2 aliphatic rings. The van der Waals surface area contributed by atoms with Crippen LogP contribution in [0.25, 0.3) is 16.7 Å². The zero-order valence-corrected chi connectivity index (χ0v) is 21.4. The van der Waals surface area contributed by atoms with Crippen molar-refractivity contribution in [3.05, 3.63) is 85.0 Å². The Bertz CT molecular complexity index is 1620. The quantitative estimate of drug-likeness (QED) is 0.329. The highest BCUT2D eigenvalue weighted by molar-refractivity contribution is 9.10. The summed E-state index contributed by atoms with van der Waals surface area (Å²) >= 11 is 4.54. The topological polar surface area (TPSA) is 81.7 Å². The molecule has 3 heterocycles. The fraction of sp³-hybridized carbons (Fsp3) is 0.259. The van der Waals surface area contributed by atoms with Crippen LogP contribution in [0, 0.1) is 0 Å². The second kappa shape index (κ2) is 8.31. The van der Waals surface area contributed by atoms with Crippen LogP contribution in [-0.2, 0) is 5.41 Å². The van der Waals surface area contributed by atoms with Crippen molar-refractivity contribution in [2.75, 3.05) is 7.11 Å². The standard InChI is InChI=1S/C27H22BrNO5S/c1-33-15-9-10-18-16(13-15)27(11-5-2-6-12-27)21-14-19-22(25(31)29(18)21)23(30)24(26(32)34-19)35-20-8-4-3-7-17(20)28/h3-4,7-10,13-14,30H,2,5-6,11-12H2,1H3. The van der Waals surface area contributed by atoms with Gasteiger partial charge in [-0.05, 0) is 64.7 Å². The fourth-order valence-corrected chi connectivity index (χ4v) is 6.98. The lowest BCUT2D eigenvalue weighted by Gasteiger charge is -2.34. The van der Waals surface area contributed by atoms with Crippen LogP contribution in [0.3, 0.4) is 0 Å². The van der Waals surface area contributed by atoms with Gasteiger partial charge in [-0.3, -0.25) is 9.36 Å². The summed E-state index contributed by atoms with van der Waals surface area (Å²) in [6.07, 6.45) is 5.01. The van der Waals surface area contributed by atoms with Gasteiger partial charge in [-0.1, -0.05) is 43.2 Å². The average molecular weight is 552 g/mol. The molecule has 0 amide bonds. The van der Waals surface area contributed by atoms with Gasteiger partial charge in [0, 0.05) is 26.5 Å². The monoisotopic (exact) mass is 551 g/mol. The molecule has 0 atom stereocenters. The third kappa shape index (κ3) is 3.30. The number of ether oxygens (including phenoxy) is 1. The molecule has 6 nitrogen and oxygen atoms in total. The molecule has 0 radical (unpaired) electrons. The molecule has 1 spiro atoms. The highest BCUT2D eigenvalue weighted by Crippen LogP contribution is 2.52. The molecule has 1 N–H and O–H groups in total. The van der Waals surface area contributed by atoms with E-state index in [-0.39, 0.29) is 32.6 Å². The van der Waals surface area contributed by atoms with Crippen LogP contribution in [0.4, 0.5) is 0 Å². The summed E-state index contributed by atoms with van der Waals surface area (Å²) in [7, 11) is 1.63. The second-order valence-corrected chi connectivity index (χ2v) is 10.9. The number of rotatable bonds is 3. The Balaban J connectivity index is 1.63. The zero-order chi connectivity index (χ0) is 24.3. The van der Waals surface area contributed by atoms with Gasteiger partial charge in [0.25, 0.3) is 5.56 Å². The fourth-order valence-electron chi connectivity index (χ4n) is 5.60. The van der Waals surface area contributed by atoms with Gasteiger partial charge in [0.15, 0.2) is 5.75 Å². The van der Waals surface area contributed by atoms with Gasteiger partial charge in [-0.25, -0.2) is 4.79 Å². The summed E-state index contributed by atoms with van der Waals surface area (Å²) in [5.41, 5.74) is 1.36. The van der Waals surface area contributed by atoms with E-state index in [0.29, 0.717) is 0 Å². The van der Waals surface area contributed by atoms with E-state index in [9.17, 15) is 14.7 Å². The summed E-state index contributed by atoms with van der Waals surface area (Å²) in [6.45, 7) is 0. The highest BCUT2D eigenvalue weighted by Gasteiger charge is 2.46. The molecular formula is C27H22BrNO5S. The number of hydrogen-bond donors (Lipinski definition) is 1. The molecule has 6 rings (SSSR count). The average Bonchev–Trinajstić information content (AvgIpc) is 3.11. The maximum Gasteiger partial charge on any atom is 0.354 e. The van der Waals surface area contributed by atoms with E-state index in [1.165, 1.54) is 0 Å². The van der Waals surface area contributed by atoms with Gasteiger partial charge >= 0.3 is 5.63 Å². The first kappa shape index (κ1) is 22.5. The Morgan fingerprint density at radius 2 is 1.86 bits per heavy atom. The number of hydrogen-bond acceptors (Lipinski definition) is 6. The molecule has 4 aromatic rings. The maximum absolute atomic E-state index is 14.0. The molecule has 2 aromatic carbocycles. The van der Waals surface area contributed by atoms with Crippen molar-refractivity contribution in [1.82, 2.24) is 4.57 Å². The van der Waals surface area contributed by atoms with Gasteiger partial charge < -0.3 is 14.3 Å². The lowest BCUT2D eigenvalue weighted by Crippen LogP contribution is -2.31. The number of fused-ring (bicyclic) bond motifs is 6. The SMILES string of the molecule is COc1ccc2c(c1)C1(CCCCC1)c1cc3oc(=O)c(Sc4ccccc4Br)c(O)c3c(=O)n1-2. The van der Waals surface area contributed by atoms with Crippen molar-refractivity contribution in [2.24, 2.45) is 0 Å². The van der Waals surface area contributed by atoms with Gasteiger partial charge in [0.2, 0.25) is 0 Å². The van der Waals surface area contributed by atoms with E-state index in [1.807, 2.05) is 42.5 Å². The Labute approximate surface area is 213 Å². The van der Waals surface area contributed by atoms with Gasteiger partial charge in [-0.15, -0.1) is 0 Å².